The van der Waals surface area contributed by atoms with Crippen LogP contribution < -0.4 is 0 Å². The molecule has 3 atom stereocenters. The lowest BCUT2D eigenvalue weighted by atomic mass is 9.95. The monoisotopic (exact) mass is 238 g/mol. The number of likely N-dealkylation sites (tertiary alicyclic amines) is 2. The second-order valence-electron chi connectivity index (χ2n) is 6.16. The van der Waals surface area contributed by atoms with Crippen molar-refractivity contribution in [1.29, 1.82) is 0 Å². The average Bonchev–Trinajstić information content (AvgIpc) is 2.31. The third kappa shape index (κ3) is 2.93. The van der Waals surface area contributed by atoms with Crippen LogP contribution in [-0.2, 0) is 0 Å². The van der Waals surface area contributed by atoms with E-state index < -0.39 is 0 Å². The lowest BCUT2D eigenvalue weighted by Gasteiger charge is -2.41. The summed E-state index contributed by atoms with van der Waals surface area (Å²) in [6.45, 7) is 9.56. The van der Waals surface area contributed by atoms with Crippen LogP contribution in [0.5, 0.6) is 0 Å². The van der Waals surface area contributed by atoms with E-state index >= 15 is 0 Å². The highest BCUT2D eigenvalue weighted by Crippen LogP contribution is 2.24. The van der Waals surface area contributed by atoms with Crippen molar-refractivity contribution in [2.45, 2.75) is 52.5 Å². The van der Waals surface area contributed by atoms with E-state index in [0.717, 1.165) is 26.1 Å². The number of nitrogens with zero attached hydrogens (tertiary/aromatic N) is 2. The van der Waals surface area contributed by atoms with Crippen molar-refractivity contribution in [1.82, 2.24) is 9.80 Å². The molecule has 3 unspecified atom stereocenters. The van der Waals surface area contributed by atoms with Crippen LogP contribution in [0.3, 0.4) is 0 Å². The van der Waals surface area contributed by atoms with Crippen LogP contribution in [0, 0.1) is 11.8 Å². The molecule has 3 heteroatoms. The van der Waals surface area contributed by atoms with Crippen molar-refractivity contribution in [2.24, 2.45) is 11.8 Å². The van der Waals surface area contributed by atoms with Gasteiger partial charge in [-0.2, -0.15) is 0 Å². The molecule has 2 heterocycles. The standard InChI is InChI=1S/C14H26N2O/c1-11-5-4-8-15(9-11)14(17)16-10-12(2)6-7-13(16)3/h11-13H,4-10H2,1-3H3. The Morgan fingerprint density at radius 3 is 2.41 bits per heavy atom. The first kappa shape index (κ1) is 12.7. The largest absolute Gasteiger partial charge is 0.324 e. The van der Waals surface area contributed by atoms with Gasteiger partial charge < -0.3 is 9.80 Å². The summed E-state index contributed by atoms with van der Waals surface area (Å²) in [7, 11) is 0. The molecular weight excluding hydrogens is 212 g/mol. The Hall–Kier alpha value is -0.730. The van der Waals surface area contributed by atoms with Gasteiger partial charge in [-0.3, -0.25) is 0 Å². The lowest BCUT2D eigenvalue weighted by Crippen LogP contribution is -2.53. The molecule has 2 aliphatic rings. The molecule has 2 aliphatic heterocycles. The highest BCUT2D eigenvalue weighted by Gasteiger charge is 2.31. The maximum absolute atomic E-state index is 12.5. The topological polar surface area (TPSA) is 23.6 Å². The summed E-state index contributed by atoms with van der Waals surface area (Å²) in [6, 6.07) is 0.714. The Kier molecular flexibility index (Phi) is 3.95. The molecule has 0 aromatic heterocycles. The first-order chi connectivity index (χ1) is 8.08. The fourth-order valence-electron chi connectivity index (χ4n) is 3.10. The van der Waals surface area contributed by atoms with Crippen LogP contribution in [0.15, 0.2) is 0 Å². The van der Waals surface area contributed by atoms with Crippen LogP contribution in [0.4, 0.5) is 4.79 Å². The SMILES string of the molecule is CC1CCCN(C(=O)N2CC(C)CCC2C)C1. The Morgan fingerprint density at radius 2 is 1.71 bits per heavy atom. The van der Waals surface area contributed by atoms with Crippen molar-refractivity contribution in [2.75, 3.05) is 19.6 Å². The van der Waals surface area contributed by atoms with E-state index in [9.17, 15) is 4.79 Å². The second-order valence-corrected chi connectivity index (χ2v) is 6.16. The summed E-state index contributed by atoms with van der Waals surface area (Å²) in [6.07, 6.45) is 4.87. The van der Waals surface area contributed by atoms with Crippen molar-refractivity contribution in [3.8, 4) is 0 Å². The van der Waals surface area contributed by atoms with Gasteiger partial charge in [0.1, 0.15) is 0 Å². The normalized spacial score (nSPS) is 34.9. The van der Waals surface area contributed by atoms with Crippen LogP contribution in [0.1, 0.15) is 46.5 Å². The number of rotatable bonds is 0. The van der Waals surface area contributed by atoms with E-state index in [1.165, 1.54) is 19.3 Å². The van der Waals surface area contributed by atoms with Crippen LogP contribution in [0.25, 0.3) is 0 Å². The predicted octanol–water partition coefficient (Wildman–Crippen LogP) is 2.96. The zero-order valence-corrected chi connectivity index (χ0v) is 11.5. The number of urea groups is 1. The molecule has 98 valence electrons. The molecule has 0 aliphatic carbocycles. The van der Waals surface area contributed by atoms with Gasteiger partial charge in [-0.15, -0.1) is 0 Å². The summed E-state index contributed by atoms with van der Waals surface area (Å²) in [4.78, 5) is 16.7. The molecule has 2 rings (SSSR count). The maximum atomic E-state index is 12.5. The Morgan fingerprint density at radius 1 is 1.00 bits per heavy atom. The summed E-state index contributed by atoms with van der Waals surface area (Å²) < 4.78 is 0. The van der Waals surface area contributed by atoms with Crippen molar-refractivity contribution in [3.05, 3.63) is 0 Å². The van der Waals surface area contributed by atoms with Gasteiger partial charge in [0.25, 0.3) is 0 Å². The van der Waals surface area contributed by atoms with E-state index in [1.807, 2.05) is 0 Å². The first-order valence-electron chi connectivity index (χ1n) is 7.13. The molecule has 0 spiro atoms. The van der Waals surface area contributed by atoms with E-state index in [1.54, 1.807) is 0 Å². The number of carbonyl (C=O) groups excluding carboxylic acids is 1. The Balaban J connectivity index is 1.97. The van der Waals surface area contributed by atoms with Crippen LogP contribution >= 0.6 is 0 Å². The van der Waals surface area contributed by atoms with Gasteiger partial charge >= 0.3 is 6.03 Å². The highest BCUT2D eigenvalue weighted by atomic mass is 16.2. The zero-order valence-electron chi connectivity index (χ0n) is 11.5. The number of hydrogen-bond acceptors (Lipinski definition) is 1. The molecule has 0 N–H and O–H groups in total. The average molecular weight is 238 g/mol. The molecule has 0 saturated carbocycles. The molecule has 0 aromatic carbocycles. The van der Waals surface area contributed by atoms with Crippen LogP contribution in [-0.4, -0.2) is 41.5 Å². The van der Waals surface area contributed by atoms with Gasteiger partial charge in [-0.05, 0) is 44.4 Å². The van der Waals surface area contributed by atoms with Gasteiger partial charge in [0.05, 0.1) is 0 Å². The predicted molar refractivity (Wildman–Crippen MR) is 69.9 cm³/mol. The smallest absolute Gasteiger partial charge is 0.320 e. The molecule has 2 amide bonds. The summed E-state index contributed by atoms with van der Waals surface area (Å²) in [5.41, 5.74) is 0. The molecule has 17 heavy (non-hydrogen) atoms. The van der Waals surface area contributed by atoms with Crippen molar-refractivity contribution >= 4 is 6.03 Å². The Bertz CT molecular complexity index is 279. The second kappa shape index (κ2) is 5.28. The minimum absolute atomic E-state index is 0.288. The van der Waals surface area contributed by atoms with Gasteiger partial charge in [0.15, 0.2) is 0 Å². The molecule has 3 nitrogen and oxygen atoms in total. The quantitative estimate of drug-likeness (QED) is 0.636. The van der Waals surface area contributed by atoms with Crippen molar-refractivity contribution < 1.29 is 4.79 Å². The Labute approximate surface area is 105 Å². The first-order valence-corrected chi connectivity index (χ1v) is 7.13. The van der Waals surface area contributed by atoms with Crippen LogP contribution in [0.2, 0.25) is 0 Å². The van der Waals surface area contributed by atoms with Gasteiger partial charge in [-0.25, -0.2) is 4.79 Å². The fraction of sp³-hybridized carbons (Fsp3) is 0.929. The van der Waals surface area contributed by atoms with Gasteiger partial charge in [-0.1, -0.05) is 13.8 Å². The fourth-order valence-corrected chi connectivity index (χ4v) is 3.10. The molecule has 2 fully saturated rings. The summed E-state index contributed by atoms with van der Waals surface area (Å²) >= 11 is 0. The lowest BCUT2D eigenvalue weighted by molar-refractivity contribution is 0.0915. The van der Waals surface area contributed by atoms with E-state index in [-0.39, 0.29) is 6.03 Å². The molecular formula is C14H26N2O. The minimum Gasteiger partial charge on any atom is -0.324 e. The number of hydrogen-bond donors (Lipinski definition) is 0. The van der Waals surface area contributed by atoms with E-state index in [2.05, 4.69) is 30.6 Å². The minimum atomic E-state index is 0.288. The molecule has 0 aromatic rings. The van der Waals surface area contributed by atoms with Crippen molar-refractivity contribution in [3.63, 3.8) is 0 Å². The summed E-state index contributed by atoms with van der Waals surface area (Å²) in [5.74, 6) is 1.34. The van der Waals surface area contributed by atoms with E-state index in [4.69, 9.17) is 0 Å². The van der Waals surface area contributed by atoms with Gasteiger partial charge in [0, 0.05) is 25.7 Å². The number of amides is 2. The third-order valence-corrected chi connectivity index (χ3v) is 4.29. The highest BCUT2D eigenvalue weighted by molar-refractivity contribution is 5.75. The molecule has 0 bridgehead atoms. The maximum Gasteiger partial charge on any atom is 0.320 e. The van der Waals surface area contributed by atoms with E-state index in [0.29, 0.717) is 17.9 Å². The third-order valence-electron chi connectivity index (χ3n) is 4.29. The summed E-state index contributed by atoms with van der Waals surface area (Å²) in [5, 5.41) is 0. The number of piperidine rings is 2. The van der Waals surface area contributed by atoms with Gasteiger partial charge in [0.2, 0.25) is 0 Å². The zero-order chi connectivity index (χ0) is 12.4. The molecule has 2 saturated heterocycles. The molecule has 0 radical (unpaired) electrons. The number of carbonyl (C=O) groups is 1.